The van der Waals surface area contributed by atoms with Crippen LogP contribution in [-0.4, -0.2) is 190 Å². The standard InChI is InChI=1S/2C15H21N3O3.4C6H6O2/c2*1-16(2)13(19)10-7-11(14(20)17(3)4)9-12(8-10)15(21)18(5)6;4*7-5-1-2-6(8)4-3-5/h2*7-9H,1-6H3;4*1-4,7-8H. The third-order valence-electron chi connectivity index (χ3n) is 9.18. The molecule has 74 heavy (non-hydrogen) atoms. The summed E-state index contributed by atoms with van der Waals surface area (Å²) in [6.45, 7) is 0. The number of phenols is 8. The topological polar surface area (TPSA) is 284 Å². The molecule has 20 heteroatoms. The van der Waals surface area contributed by atoms with Crippen LogP contribution in [0.15, 0.2) is 133 Å². The zero-order valence-corrected chi connectivity index (χ0v) is 43.4. The largest absolute Gasteiger partial charge is 0.508 e. The zero-order chi connectivity index (χ0) is 56.6. The van der Waals surface area contributed by atoms with E-state index in [2.05, 4.69) is 0 Å². The highest BCUT2D eigenvalue weighted by Crippen LogP contribution is 2.19. The molecule has 396 valence electrons. The molecule has 6 amide bonds. The first-order chi connectivity index (χ1) is 34.4. The Morgan fingerprint density at radius 1 is 0.216 bits per heavy atom. The molecule has 0 unspecified atom stereocenters. The van der Waals surface area contributed by atoms with E-state index >= 15 is 0 Å². The molecule has 0 heterocycles. The average molecular weight is 1020 g/mol. The Kier molecular flexibility index (Phi) is 25.6. The van der Waals surface area contributed by atoms with Crippen LogP contribution < -0.4 is 0 Å². The minimum Gasteiger partial charge on any atom is -0.508 e. The van der Waals surface area contributed by atoms with Gasteiger partial charge in [0, 0.05) is 118 Å². The van der Waals surface area contributed by atoms with Crippen LogP contribution in [0, 0.1) is 0 Å². The van der Waals surface area contributed by atoms with E-state index in [0.29, 0.717) is 33.4 Å². The highest BCUT2D eigenvalue weighted by atomic mass is 16.3. The third-order valence-corrected chi connectivity index (χ3v) is 9.18. The minimum atomic E-state index is -0.254. The van der Waals surface area contributed by atoms with Crippen LogP contribution in [0.25, 0.3) is 0 Å². The molecule has 0 bridgehead atoms. The molecule has 0 aliphatic carbocycles. The van der Waals surface area contributed by atoms with Crippen LogP contribution in [0.3, 0.4) is 0 Å². The number of nitrogens with zero attached hydrogens (tertiary/aromatic N) is 6. The summed E-state index contributed by atoms with van der Waals surface area (Å²) >= 11 is 0. The van der Waals surface area contributed by atoms with E-state index in [1.165, 1.54) is 163 Å². The van der Waals surface area contributed by atoms with Crippen LogP contribution >= 0.6 is 0 Å². The van der Waals surface area contributed by atoms with Gasteiger partial charge in [0.25, 0.3) is 35.4 Å². The molecule has 20 nitrogen and oxygen atoms in total. The summed E-state index contributed by atoms with van der Waals surface area (Å²) < 4.78 is 0. The molecule has 0 aromatic heterocycles. The second kappa shape index (κ2) is 30.3. The summed E-state index contributed by atoms with van der Waals surface area (Å²) in [6.07, 6.45) is 0. The third kappa shape index (κ3) is 22.5. The Labute approximate surface area is 430 Å². The zero-order valence-electron chi connectivity index (χ0n) is 43.4. The summed E-state index contributed by atoms with van der Waals surface area (Å²) in [5, 5.41) is 69.2. The summed E-state index contributed by atoms with van der Waals surface area (Å²) in [6, 6.07) is 31.9. The van der Waals surface area contributed by atoms with Crippen molar-refractivity contribution in [1.82, 2.24) is 29.4 Å². The Morgan fingerprint density at radius 2 is 0.297 bits per heavy atom. The first-order valence-corrected chi connectivity index (χ1v) is 22.0. The van der Waals surface area contributed by atoms with Crippen molar-refractivity contribution in [2.75, 3.05) is 84.6 Å². The smallest absolute Gasteiger partial charge is 0.253 e. The number of hydrogen-bond donors (Lipinski definition) is 8. The lowest BCUT2D eigenvalue weighted by Gasteiger charge is -2.16. The summed E-state index contributed by atoms with van der Waals surface area (Å²) in [4.78, 5) is 81.1. The van der Waals surface area contributed by atoms with Crippen molar-refractivity contribution in [2.45, 2.75) is 0 Å². The number of hydrogen-bond acceptors (Lipinski definition) is 14. The van der Waals surface area contributed by atoms with Gasteiger partial charge in [-0.2, -0.15) is 0 Å². The van der Waals surface area contributed by atoms with E-state index in [0.717, 1.165) is 0 Å². The molecular weight excluding hydrogens is 957 g/mol. The molecule has 0 atom stereocenters. The summed E-state index contributed by atoms with van der Waals surface area (Å²) in [7, 11) is 19.5. The van der Waals surface area contributed by atoms with Crippen molar-refractivity contribution in [3.8, 4) is 46.0 Å². The lowest BCUT2D eigenvalue weighted by Crippen LogP contribution is -2.27. The van der Waals surface area contributed by atoms with Gasteiger partial charge in [0.15, 0.2) is 0 Å². The Morgan fingerprint density at radius 3 is 0.365 bits per heavy atom. The molecule has 6 aromatic carbocycles. The average Bonchev–Trinajstić information content (AvgIpc) is 3.36. The molecule has 6 rings (SSSR count). The maximum atomic E-state index is 12.1. The highest BCUT2D eigenvalue weighted by Gasteiger charge is 2.20. The van der Waals surface area contributed by atoms with Gasteiger partial charge in [0.05, 0.1) is 0 Å². The van der Waals surface area contributed by atoms with Crippen molar-refractivity contribution in [1.29, 1.82) is 0 Å². The van der Waals surface area contributed by atoms with Gasteiger partial charge in [-0.15, -0.1) is 0 Å². The molecule has 8 N–H and O–H groups in total. The number of rotatable bonds is 6. The molecular formula is C54H66N6O14. The quantitative estimate of drug-likeness (QED) is 0.0892. The monoisotopic (exact) mass is 1020 g/mol. The number of carbonyl (C=O) groups is 6. The maximum absolute atomic E-state index is 12.1. The number of phenolic OH excluding ortho intramolecular Hbond substituents is 8. The SMILES string of the molecule is CN(C)C(=O)c1cc(C(=O)N(C)C)cc(C(=O)N(C)C)c1.CN(C)C(=O)c1cc(C(=O)N(C)C)cc(C(=O)N(C)C)c1.Oc1ccc(O)cc1.Oc1ccc(O)cc1.Oc1ccc(O)cc1.Oc1ccc(O)cc1. The van der Waals surface area contributed by atoms with Gasteiger partial charge in [-0.05, 0) is 133 Å². The van der Waals surface area contributed by atoms with Crippen molar-refractivity contribution in [3.05, 3.63) is 167 Å². The molecule has 6 aromatic rings. The second-order valence-corrected chi connectivity index (χ2v) is 16.9. The first-order valence-electron chi connectivity index (χ1n) is 22.0. The predicted molar refractivity (Wildman–Crippen MR) is 280 cm³/mol. The van der Waals surface area contributed by atoms with Crippen LogP contribution in [0.1, 0.15) is 62.1 Å². The fraction of sp³-hybridized carbons (Fsp3) is 0.222. The predicted octanol–water partition coefficient (Wildman–Crippen LogP) is 5.98. The lowest BCUT2D eigenvalue weighted by molar-refractivity contribution is 0.0803. The lowest BCUT2D eigenvalue weighted by atomic mass is 10.0. The van der Waals surface area contributed by atoms with Crippen LogP contribution in [0.5, 0.6) is 46.0 Å². The number of amides is 6. The molecule has 0 saturated carbocycles. The van der Waals surface area contributed by atoms with E-state index in [1.807, 2.05) is 0 Å². The molecule has 0 aliphatic heterocycles. The number of aromatic hydroxyl groups is 8. The fourth-order valence-electron chi connectivity index (χ4n) is 5.36. The van der Waals surface area contributed by atoms with E-state index in [9.17, 15) is 28.8 Å². The fourth-order valence-corrected chi connectivity index (χ4v) is 5.36. The van der Waals surface area contributed by atoms with E-state index < -0.39 is 0 Å². The number of carbonyl (C=O) groups excluding carboxylic acids is 6. The van der Waals surface area contributed by atoms with E-state index in [4.69, 9.17) is 40.9 Å². The molecule has 0 aliphatic rings. The maximum Gasteiger partial charge on any atom is 0.253 e. The highest BCUT2D eigenvalue weighted by molar-refractivity contribution is 6.05. The van der Waals surface area contributed by atoms with Crippen LogP contribution in [0.2, 0.25) is 0 Å². The second-order valence-electron chi connectivity index (χ2n) is 16.9. The normalized spacial score (nSPS) is 9.57. The van der Waals surface area contributed by atoms with Crippen molar-refractivity contribution < 1.29 is 69.6 Å². The molecule has 0 fully saturated rings. The summed E-state index contributed by atoms with van der Waals surface area (Å²) in [5.41, 5.74) is 1.91. The summed E-state index contributed by atoms with van der Waals surface area (Å²) in [5.74, 6) is -0.167. The van der Waals surface area contributed by atoms with Gasteiger partial charge in [0.1, 0.15) is 46.0 Å². The van der Waals surface area contributed by atoms with Crippen molar-refractivity contribution in [2.24, 2.45) is 0 Å². The van der Waals surface area contributed by atoms with Gasteiger partial charge < -0.3 is 70.3 Å². The molecule has 0 radical (unpaired) electrons. The Hall–Kier alpha value is -9.46. The van der Waals surface area contributed by atoms with Crippen molar-refractivity contribution in [3.63, 3.8) is 0 Å². The van der Waals surface area contributed by atoms with Crippen LogP contribution in [-0.2, 0) is 0 Å². The van der Waals surface area contributed by atoms with Gasteiger partial charge >= 0.3 is 0 Å². The van der Waals surface area contributed by atoms with E-state index in [1.54, 1.807) is 84.6 Å². The molecule has 0 spiro atoms. The van der Waals surface area contributed by atoms with Gasteiger partial charge in [0.2, 0.25) is 0 Å². The van der Waals surface area contributed by atoms with Gasteiger partial charge in [-0.1, -0.05) is 0 Å². The number of benzene rings is 6. The molecule has 0 saturated heterocycles. The Bertz CT molecular complexity index is 2210. The first kappa shape index (κ1) is 62.6. The van der Waals surface area contributed by atoms with Gasteiger partial charge in [-0.25, -0.2) is 0 Å². The van der Waals surface area contributed by atoms with E-state index in [-0.39, 0.29) is 81.4 Å². The Balaban J connectivity index is 0.000000473. The van der Waals surface area contributed by atoms with Crippen LogP contribution in [0.4, 0.5) is 0 Å². The van der Waals surface area contributed by atoms with Gasteiger partial charge in [-0.3, -0.25) is 28.8 Å². The van der Waals surface area contributed by atoms with Crippen molar-refractivity contribution >= 4 is 35.4 Å². The minimum absolute atomic E-state index is 0.169.